The van der Waals surface area contributed by atoms with Gasteiger partial charge in [0, 0.05) is 6.61 Å². The van der Waals surface area contributed by atoms with Crippen LogP contribution >= 0.6 is 0 Å². The molecule has 0 aliphatic carbocycles. The Hall–Kier alpha value is -0.0831. The fraction of sp³-hybridized carbons (Fsp3) is 0.833. The Kier molecular flexibility index (Phi) is 5.68. The maximum absolute atomic E-state index is 6.03. The predicted molar refractivity (Wildman–Crippen MR) is 67.2 cm³/mol. The Balaban J connectivity index is 3.83. The molecular weight excluding hydrogens is 188 g/mol. The number of allylic oxidation sites excluding steroid dienone is 1. The van der Waals surface area contributed by atoms with E-state index < -0.39 is 8.32 Å². The van der Waals surface area contributed by atoms with Crippen LogP contribution in [-0.2, 0) is 4.43 Å². The van der Waals surface area contributed by atoms with E-state index in [1.807, 2.05) is 0 Å². The van der Waals surface area contributed by atoms with Crippen molar-refractivity contribution in [1.82, 2.24) is 0 Å². The van der Waals surface area contributed by atoms with Gasteiger partial charge in [0.05, 0.1) is 0 Å². The molecule has 0 radical (unpaired) electrons. The van der Waals surface area contributed by atoms with Gasteiger partial charge in [0.25, 0.3) is 0 Å². The summed E-state index contributed by atoms with van der Waals surface area (Å²) in [5, 5.41) is 0.335. The van der Waals surface area contributed by atoms with Crippen molar-refractivity contribution in [3.63, 3.8) is 0 Å². The van der Waals surface area contributed by atoms with Gasteiger partial charge in [0.1, 0.15) is 0 Å². The summed E-state index contributed by atoms with van der Waals surface area (Å²) < 4.78 is 6.03. The second-order valence-electron chi connectivity index (χ2n) is 5.28. The van der Waals surface area contributed by atoms with E-state index in [-0.39, 0.29) is 0 Å². The lowest BCUT2D eigenvalue weighted by molar-refractivity contribution is 0.294. The second kappa shape index (κ2) is 5.71. The first-order valence-electron chi connectivity index (χ1n) is 5.60. The topological polar surface area (TPSA) is 9.23 Å². The Bertz CT molecular complexity index is 177. The number of hydrogen-bond donors (Lipinski definition) is 0. The van der Waals surface area contributed by atoms with Gasteiger partial charge in [-0.05, 0) is 31.0 Å². The second-order valence-corrected chi connectivity index (χ2v) is 10.1. The molecule has 0 bridgehead atoms. The van der Waals surface area contributed by atoms with Crippen LogP contribution in [0, 0.1) is 0 Å². The lowest BCUT2D eigenvalue weighted by Crippen LogP contribution is -2.40. The highest BCUT2D eigenvalue weighted by Gasteiger charge is 2.36. The summed E-state index contributed by atoms with van der Waals surface area (Å²) in [6.45, 7) is 14.5. The third kappa shape index (κ3) is 4.96. The van der Waals surface area contributed by atoms with Crippen molar-refractivity contribution in [2.45, 2.75) is 58.7 Å². The summed E-state index contributed by atoms with van der Waals surface area (Å²) in [5.41, 5.74) is 0. The van der Waals surface area contributed by atoms with E-state index in [4.69, 9.17) is 4.43 Å². The Morgan fingerprint density at radius 1 is 1.14 bits per heavy atom. The molecule has 14 heavy (non-hydrogen) atoms. The Morgan fingerprint density at radius 2 is 1.71 bits per heavy atom. The molecule has 1 nitrogen and oxygen atoms in total. The van der Waals surface area contributed by atoms with E-state index in [0.29, 0.717) is 5.04 Å². The van der Waals surface area contributed by atoms with Gasteiger partial charge in [-0.3, -0.25) is 0 Å². The molecule has 0 spiro atoms. The molecule has 0 N–H and O–H groups in total. The first-order valence-corrected chi connectivity index (χ1v) is 8.51. The smallest absolute Gasteiger partial charge is 0.191 e. The molecule has 0 atom stereocenters. The van der Waals surface area contributed by atoms with Crippen LogP contribution in [0.2, 0.25) is 18.1 Å². The zero-order valence-electron chi connectivity index (χ0n) is 10.7. The molecular formula is C12H26OSi. The molecule has 0 aromatic heterocycles. The largest absolute Gasteiger partial charge is 0.417 e. The van der Waals surface area contributed by atoms with Crippen LogP contribution < -0.4 is 0 Å². The monoisotopic (exact) mass is 214 g/mol. The van der Waals surface area contributed by atoms with Crippen LogP contribution in [0.25, 0.3) is 0 Å². The molecule has 0 unspecified atom stereocenters. The highest BCUT2D eigenvalue weighted by molar-refractivity contribution is 6.74. The summed E-state index contributed by atoms with van der Waals surface area (Å²) in [4.78, 5) is 0. The number of rotatable bonds is 5. The Labute approximate surface area is 90.7 Å². The lowest BCUT2D eigenvalue weighted by atomic mass is 10.2. The zero-order chi connectivity index (χ0) is 11.2. The van der Waals surface area contributed by atoms with Crippen LogP contribution in [0.1, 0.15) is 40.5 Å². The summed E-state index contributed by atoms with van der Waals surface area (Å²) in [7, 11) is -1.50. The third-order valence-corrected chi connectivity index (χ3v) is 7.49. The third-order valence-electron chi connectivity index (χ3n) is 2.96. The van der Waals surface area contributed by atoms with Crippen LogP contribution in [0.5, 0.6) is 0 Å². The summed E-state index contributed by atoms with van der Waals surface area (Å²) >= 11 is 0. The van der Waals surface area contributed by atoms with Crippen molar-refractivity contribution < 1.29 is 4.43 Å². The zero-order valence-corrected chi connectivity index (χ0v) is 11.7. The van der Waals surface area contributed by atoms with E-state index >= 15 is 0 Å². The van der Waals surface area contributed by atoms with E-state index in [1.165, 1.54) is 0 Å². The average molecular weight is 214 g/mol. The SMILES string of the molecule is CCC=CCCO[Si](C)(C)C(C)(C)C. The van der Waals surface area contributed by atoms with Crippen LogP contribution in [-0.4, -0.2) is 14.9 Å². The first kappa shape index (κ1) is 13.9. The maximum atomic E-state index is 6.03. The molecule has 0 saturated carbocycles. The fourth-order valence-corrected chi connectivity index (χ4v) is 1.94. The van der Waals surface area contributed by atoms with Crippen LogP contribution in [0.15, 0.2) is 12.2 Å². The van der Waals surface area contributed by atoms with E-state index in [9.17, 15) is 0 Å². The van der Waals surface area contributed by atoms with Gasteiger partial charge in [-0.2, -0.15) is 0 Å². The molecule has 0 aromatic rings. The van der Waals surface area contributed by atoms with E-state index in [2.05, 4.69) is 52.9 Å². The molecule has 0 aliphatic rings. The van der Waals surface area contributed by atoms with Crippen molar-refractivity contribution >= 4 is 8.32 Å². The van der Waals surface area contributed by atoms with Gasteiger partial charge < -0.3 is 4.43 Å². The van der Waals surface area contributed by atoms with E-state index in [1.54, 1.807) is 0 Å². The van der Waals surface area contributed by atoms with Gasteiger partial charge in [0.2, 0.25) is 0 Å². The highest BCUT2D eigenvalue weighted by atomic mass is 28.4. The van der Waals surface area contributed by atoms with Crippen molar-refractivity contribution in [3.8, 4) is 0 Å². The van der Waals surface area contributed by atoms with Gasteiger partial charge in [-0.15, -0.1) is 0 Å². The maximum Gasteiger partial charge on any atom is 0.191 e. The predicted octanol–water partition coefficient (Wildman–Crippen LogP) is 4.36. The minimum absolute atomic E-state index is 0.335. The average Bonchev–Trinajstić information content (AvgIpc) is 2.02. The standard InChI is InChI=1S/C12H26OSi/c1-7-8-9-10-11-13-14(5,6)12(2,3)4/h8-9H,7,10-11H2,1-6H3. The molecule has 0 heterocycles. The summed E-state index contributed by atoms with van der Waals surface area (Å²) in [6, 6.07) is 0. The molecule has 0 saturated heterocycles. The minimum atomic E-state index is -1.50. The van der Waals surface area contributed by atoms with Gasteiger partial charge in [0.15, 0.2) is 8.32 Å². The van der Waals surface area contributed by atoms with E-state index in [0.717, 1.165) is 19.4 Å². The molecule has 84 valence electrons. The minimum Gasteiger partial charge on any atom is -0.417 e. The molecule has 0 aliphatic heterocycles. The normalized spacial score (nSPS) is 13.9. The highest BCUT2D eigenvalue weighted by Crippen LogP contribution is 2.36. The van der Waals surface area contributed by atoms with Crippen LogP contribution in [0.4, 0.5) is 0 Å². The van der Waals surface area contributed by atoms with Crippen molar-refractivity contribution in [2.75, 3.05) is 6.61 Å². The number of hydrogen-bond acceptors (Lipinski definition) is 1. The molecule has 0 aromatic carbocycles. The summed E-state index contributed by atoms with van der Waals surface area (Å²) in [6.07, 6.45) is 6.60. The fourth-order valence-electron chi connectivity index (χ4n) is 0.883. The van der Waals surface area contributed by atoms with Gasteiger partial charge in [-0.25, -0.2) is 0 Å². The first-order chi connectivity index (χ1) is 6.31. The Morgan fingerprint density at radius 3 is 2.14 bits per heavy atom. The lowest BCUT2D eigenvalue weighted by Gasteiger charge is -2.36. The van der Waals surface area contributed by atoms with Crippen LogP contribution in [0.3, 0.4) is 0 Å². The van der Waals surface area contributed by atoms with Crippen molar-refractivity contribution in [3.05, 3.63) is 12.2 Å². The molecule has 0 fully saturated rings. The van der Waals surface area contributed by atoms with Crippen molar-refractivity contribution in [1.29, 1.82) is 0 Å². The molecule has 2 heteroatoms. The quantitative estimate of drug-likeness (QED) is 0.375. The van der Waals surface area contributed by atoms with Gasteiger partial charge >= 0.3 is 0 Å². The molecule has 0 rings (SSSR count). The van der Waals surface area contributed by atoms with Crippen molar-refractivity contribution in [2.24, 2.45) is 0 Å². The van der Waals surface area contributed by atoms with Gasteiger partial charge in [-0.1, -0.05) is 39.8 Å². The summed E-state index contributed by atoms with van der Waals surface area (Å²) in [5.74, 6) is 0. The molecule has 0 amide bonds.